The molecular weight excluding hydrogens is 394 g/mol. The molecule has 1 N–H and O–H groups in total. The Kier molecular flexibility index (Phi) is 7.10. The van der Waals surface area contributed by atoms with Crippen LogP contribution >= 0.6 is 0 Å². The van der Waals surface area contributed by atoms with Gasteiger partial charge in [-0.3, -0.25) is 14.2 Å². The number of esters is 1. The SMILES string of the molecule is CCOC(=O)N1CCC(NC(=O)COC(=O)CCn2c(=O)oc3ccccc32)CC1. The molecule has 0 atom stereocenters. The molecule has 0 unspecified atom stereocenters. The maximum atomic E-state index is 12.0. The van der Waals surface area contributed by atoms with Crippen molar-refractivity contribution in [3.8, 4) is 0 Å². The zero-order chi connectivity index (χ0) is 21.5. The Hall–Kier alpha value is -3.30. The molecule has 1 aromatic carbocycles. The van der Waals surface area contributed by atoms with Gasteiger partial charge in [0.1, 0.15) is 0 Å². The van der Waals surface area contributed by atoms with E-state index in [4.69, 9.17) is 13.9 Å². The van der Waals surface area contributed by atoms with E-state index in [-0.39, 0.29) is 25.1 Å². The van der Waals surface area contributed by atoms with Gasteiger partial charge in [-0.1, -0.05) is 12.1 Å². The van der Waals surface area contributed by atoms with E-state index in [0.717, 1.165) is 0 Å². The minimum absolute atomic E-state index is 0.0609. The van der Waals surface area contributed by atoms with Crippen LogP contribution in [0.1, 0.15) is 26.2 Å². The van der Waals surface area contributed by atoms with E-state index in [1.807, 2.05) is 0 Å². The molecule has 3 rings (SSSR count). The fourth-order valence-corrected chi connectivity index (χ4v) is 3.34. The monoisotopic (exact) mass is 419 g/mol. The Bertz CT molecular complexity index is 957. The lowest BCUT2D eigenvalue weighted by atomic mass is 10.1. The van der Waals surface area contributed by atoms with Crippen molar-refractivity contribution in [2.75, 3.05) is 26.3 Å². The van der Waals surface area contributed by atoms with Gasteiger partial charge in [0.25, 0.3) is 5.91 Å². The molecule has 2 amide bonds. The number of aromatic nitrogens is 1. The predicted molar refractivity (Wildman–Crippen MR) is 106 cm³/mol. The first-order chi connectivity index (χ1) is 14.5. The third kappa shape index (κ3) is 5.40. The van der Waals surface area contributed by atoms with Gasteiger partial charge in [-0.05, 0) is 31.9 Å². The number of aryl methyl sites for hydroxylation is 1. The summed E-state index contributed by atoms with van der Waals surface area (Å²) in [5, 5.41) is 2.80. The number of hydrogen-bond acceptors (Lipinski definition) is 7. The molecule has 162 valence electrons. The first-order valence-electron chi connectivity index (χ1n) is 9.93. The second-order valence-electron chi connectivity index (χ2n) is 6.93. The molecule has 2 aromatic rings. The number of likely N-dealkylation sites (tertiary alicyclic amines) is 1. The number of nitrogens with one attached hydrogen (secondary N) is 1. The highest BCUT2D eigenvalue weighted by atomic mass is 16.6. The number of amides is 2. The number of fused-ring (bicyclic) bond motifs is 1. The van der Waals surface area contributed by atoms with E-state index in [9.17, 15) is 19.2 Å². The second-order valence-corrected chi connectivity index (χ2v) is 6.93. The molecule has 1 fully saturated rings. The summed E-state index contributed by atoms with van der Waals surface area (Å²) >= 11 is 0. The number of carbonyl (C=O) groups excluding carboxylic acids is 3. The first-order valence-corrected chi connectivity index (χ1v) is 9.93. The Balaban J connectivity index is 1.38. The molecule has 1 aliphatic rings. The van der Waals surface area contributed by atoms with Gasteiger partial charge in [-0.2, -0.15) is 0 Å². The van der Waals surface area contributed by atoms with E-state index in [1.54, 1.807) is 36.1 Å². The van der Waals surface area contributed by atoms with Gasteiger partial charge in [0.15, 0.2) is 12.2 Å². The summed E-state index contributed by atoms with van der Waals surface area (Å²) in [6, 6.07) is 6.84. The van der Waals surface area contributed by atoms with Crippen molar-refractivity contribution >= 4 is 29.1 Å². The Morgan fingerprint density at radius 1 is 1.17 bits per heavy atom. The number of ether oxygens (including phenoxy) is 2. The summed E-state index contributed by atoms with van der Waals surface area (Å²) in [5.74, 6) is -1.53. The van der Waals surface area contributed by atoms with Gasteiger partial charge in [0.05, 0.1) is 18.5 Å². The summed E-state index contributed by atoms with van der Waals surface area (Å²) in [6.07, 6.45) is 0.805. The molecule has 30 heavy (non-hydrogen) atoms. The molecule has 0 saturated carbocycles. The quantitative estimate of drug-likeness (QED) is 0.671. The number of benzene rings is 1. The zero-order valence-electron chi connectivity index (χ0n) is 16.8. The largest absolute Gasteiger partial charge is 0.456 e. The molecule has 1 saturated heterocycles. The Morgan fingerprint density at radius 3 is 2.63 bits per heavy atom. The standard InChI is InChI=1S/C20H25N3O7/c1-2-28-19(26)22-10-7-14(8-11-22)21-17(24)13-29-18(25)9-12-23-15-5-3-4-6-16(15)30-20(23)27/h3-6,14H,2,7-13H2,1H3,(H,21,24). The third-order valence-electron chi connectivity index (χ3n) is 4.86. The summed E-state index contributed by atoms with van der Waals surface area (Å²) in [6.45, 7) is 2.78. The molecular formula is C20H25N3O7. The van der Waals surface area contributed by atoms with Crippen molar-refractivity contribution in [1.29, 1.82) is 0 Å². The summed E-state index contributed by atoms with van der Waals surface area (Å²) in [4.78, 5) is 49.2. The van der Waals surface area contributed by atoms with E-state index >= 15 is 0 Å². The van der Waals surface area contributed by atoms with Gasteiger partial charge in [0, 0.05) is 25.7 Å². The molecule has 2 heterocycles. The number of hydrogen-bond donors (Lipinski definition) is 1. The van der Waals surface area contributed by atoms with E-state index < -0.39 is 24.2 Å². The lowest BCUT2D eigenvalue weighted by Crippen LogP contribution is -2.47. The topological polar surface area (TPSA) is 120 Å². The van der Waals surface area contributed by atoms with Gasteiger partial charge in [-0.15, -0.1) is 0 Å². The molecule has 0 aliphatic carbocycles. The van der Waals surface area contributed by atoms with Crippen molar-refractivity contribution in [3.63, 3.8) is 0 Å². The van der Waals surface area contributed by atoms with Crippen LogP contribution in [0, 0.1) is 0 Å². The fourth-order valence-electron chi connectivity index (χ4n) is 3.34. The van der Waals surface area contributed by atoms with Crippen LogP contribution in [0.25, 0.3) is 11.1 Å². The summed E-state index contributed by atoms with van der Waals surface area (Å²) < 4.78 is 16.4. The molecule has 10 nitrogen and oxygen atoms in total. The molecule has 0 spiro atoms. The number of oxazole rings is 1. The maximum absolute atomic E-state index is 12.0. The van der Waals surface area contributed by atoms with Crippen LogP contribution in [0.15, 0.2) is 33.5 Å². The maximum Gasteiger partial charge on any atom is 0.419 e. The van der Waals surface area contributed by atoms with Gasteiger partial charge in [-0.25, -0.2) is 9.59 Å². The number of para-hydroxylation sites is 2. The van der Waals surface area contributed by atoms with Gasteiger partial charge < -0.3 is 24.1 Å². The first kappa shape index (κ1) is 21.4. The lowest BCUT2D eigenvalue weighted by molar-refractivity contribution is -0.149. The van der Waals surface area contributed by atoms with Crippen LogP contribution in [0.4, 0.5) is 4.79 Å². The van der Waals surface area contributed by atoms with Crippen LogP contribution in [0.3, 0.4) is 0 Å². The Morgan fingerprint density at radius 2 is 1.90 bits per heavy atom. The molecule has 1 aromatic heterocycles. The minimum Gasteiger partial charge on any atom is -0.456 e. The number of piperidine rings is 1. The van der Waals surface area contributed by atoms with Crippen LogP contribution in [-0.4, -0.2) is 59.8 Å². The third-order valence-corrected chi connectivity index (χ3v) is 4.86. The smallest absolute Gasteiger partial charge is 0.419 e. The molecule has 0 bridgehead atoms. The van der Waals surface area contributed by atoms with Crippen molar-refractivity contribution in [2.24, 2.45) is 0 Å². The fraction of sp³-hybridized carbons (Fsp3) is 0.500. The normalized spacial score (nSPS) is 14.5. The minimum atomic E-state index is -0.584. The summed E-state index contributed by atoms with van der Waals surface area (Å²) in [5.41, 5.74) is 1.05. The van der Waals surface area contributed by atoms with Crippen LogP contribution in [0.2, 0.25) is 0 Å². The molecule has 0 radical (unpaired) electrons. The molecule has 1 aliphatic heterocycles. The average Bonchev–Trinajstić information content (AvgIpc) is 3.06. The summed E-state index contributed by atoms with van der Waals surface area (Å²) in [7, 11) is 0. The Labute approximate surface area is 172 Å². The van der Waals surface area contributed by atoms with Crippen LogP contribution in [0.5, 0.6) is 0 Å². The predicted octanol–water partition coefficient (Wildman–Crippen LogP) is 1.26. The lowest BCUT2D eigenvalue weighted by Gasteiger charge is -2.31. The number of carbonyl (C=O) groups is 3. The van der Waals surface area contributed by atoms with Crippen LogP contribution < -0.4 is 11.1 Å². The van der Waals surface area contributed by atoms with Gasteiger partial charge in [0.2, 0.25) is 0 Å². The highest BCUT2D eigenvalue weighted by Gasteiger charge is 2.24. The number of rotatable bonds is 7. The van der Waals surface area contributed by atoms with Gasteiger partial charge >= 0.3 is 17.8 Å². The highest BCUT2D eigenvalue weighted by Crippen LogP contribution is 2.13. The van der Waals surface area contributed by atoms with Crippen molar-refractivity contribution in [1.82, 2.24) is 14.8 Å². The van der Waals surface area contributed by atoms with E-state index in [0.29, 0.717) is 43.6 Å². The second kappa shape index (κ2) is 9.95. The van der Waals surface area contributed by atoms with E-state index in [1.165, 1.54) is 4.57 Å². The zero-order valence-corrected chi connectivity index (χ0v) is 16.8. The van der Waals surface area contributed by atoms with Crippen molar-refractivity contribution < 1.29 is 28.3 Å². The van der Waals surface area contributed by atoms with E-state index in [2.05, 4.69) is 5.32 Å². The van der Waals surface area contributed by atoms with Crippen molar-refractivity contribution in [2.45, 2.75) is 38.8 Å². The average molecular weight is 419 g/mol. The number of nitrogens with zero attached hydrogens (tertiary/aromatic N) is 2. The van der Waals surface area contributed by atoms with Crippen LogP contribution in [-0.2, 0) is 25.6 Å². The van der Waals surface area contributed by atoms with Crippen molar-refractivity contribution in [3.05, 3.63) is 34.8 Å². The highest BCUT2D eigenvalue weighted by molar-refractivity contribution is 5.81. The molecule has 10 heteroatoms.